The molecule has 0 saturated carbocycles. The van der Waals surface area contributed by atoms with E-state index in [1.807, 2.05) is 36.4 Å². The molecule has 0 fully saturated rings. The normalized spacial score (nSPS) is 12.1. The van der Waals surface area contributed by atoms with Crippen molar-refractivity contribution in [2.45, 2.75) is 0 Å². The van der Waals surface area contributed by atoms with Crippen molar-refractivity contribution in [1.29, 1.82) is 0 Å². The van der Waals surface area contributed by atoms with Crippen LogP contribution in [0.5, 0.6) is 0 Å². The second-order valence-electron chi connectivity index (χ2n) is 16.4. The Labute approximate surface area is 365 Å². The summed E-state index contributed by atoms with van der Waals surface area (Å²) in [5, 5.41) is 8.99. The largest absolute Gasteiger partial charge is 0.456 e. The first-order chi connectivity index (χ1) is 31.8. The first-order valence-electron chi connectivity index (χ1n) is 21.5. The van der Waals surface area contributed by atoms with E-state index in [1.54, 1.807) is 0 Å². The number of aromatic nitrogens is 6. The van der Waals surface area contributed by atoms with E-state index in [-0.39, 0.29) is 0 Å². The van der Waals surface area contributed by atoms with Crippen molar-refractivity contribution >= 4 is 87.4 Å². The van der Waals surface area contributed by atoms with Gasteiger partial charge in [0, 0.05) is 59.9 Å². The van der Waals surface area contributed by atoms with Crippen LogP contribution in [0.4, 0.5) is 0 Å². The van der Waals surface area contributed by atoms with Gasteiger partial charge in [-0.1, -0.05) is 146 Å². The summed E-state index contributed by atoms with van der Waals surface area (Å²) in [6.07, 6.45) is 0. The Morgan fingerprint density at radius 3 is 1.53 bits per heavy atom. The molecule has 0 N–H and O–H groups in total. The van der Waals surface area contributed by atoms with Crippen LogP contribution in [-0.2, 0) is 0 Å². The Hall–Kier alpha value is -8.81. The molecule has 298 valence electrons. The van der Waals surface area contributed by atoms with Crippen LogP contribution in [0.15, 0.2) is 211 Å². The highest BCUT2D eigenvalue weighted by atomic mass is 16.3. The molecule has 5 heterocycles. The second kappa shape index (κ2) is 13.3. The number of nitrogens with zero attached hydrogens (tertiary/aromatic N) is 6. The average Bonchev–Trinajstić information content (AvgIpc) is 4.10. The van der Waals surface area contributed by atoms with Gasteiger partial charge in [-0.15, -0.1) is 0 Å². The lowest BCUT2D eigenvalue weighted by Crippen LogP contribution is -2.07. The maximum atomic E-state index is 6.40. The smallest absolute Gasteiger partial charge is 0.238 e. The van der Waals surface area contributed by atoms with Crippen molar-refractivity contribution < 1.29 is 4.42 Å². The monoisotopic (exact) mass is 818 g/mol. The third-order valence-corrected chi connectivity index (χ3v) is 12.9. The molecule has 14 rings (SSSR count). The van der Waals surface area contributed by atoms with E-state index >= 15 is 0 Å². The summed E-state index contributed by atoms with van der Waals surface area (Å²) in [5.74, 6) is 1.66. The fourth-order valence-electron chi connectivity index (χ4n) is 10.2. The zero-order valence-electron chi connectivity index (χ0n) is 34.2. The van der Waals surface area contributed by atoms with Crippen molar-refractivity contribution in [3.8, 4) is 40.1 Å². The Balaban J connectivity index is 1.17. The lowest BCUT2D eigenvalue weighted by molar-refractivity contribution is 0.669. The molecule has 5 aromatic heterocycles. The molecule has 14 aromatic rings. The molecule has 7 nitrogen and oxygen atoms in total. The first-order valence-corrected chi connectivity index (χ1v) is 21.5. The molecule has 0 bridgehead atoms. The second-order valence-corrected chi connectivity index (χ2v) is 16.4. The highest BCUT2D eigenvalue weighted by molar-refractivity contribution is 6.29. The van der Waals surface area contributed by atoms with Crippen LogP contribution in [0.3, 0.4) is 0 Å². The SMILES string of the molecule is c1ccc(-c2nc(-c3ccc4c(c3)oc3ccccc34)nc(-n3c4ccccc4c4c(-n5c6ccccc6c6ccccc65)cc5c(c6ccccc6n5-c5ccccc5)c43)n2)cc1. The Morgan fingerprint density at radius 2 is 0.844 bits per heavy atom. The highest BCUT2D eigenvalue weighted by Crippen LogP contribution is 2.46. The van der Waals surface area contributed by atoms with Crippen LogP contribution in [0.2, 0.25) is 0 Å². The molecule has 0 amide bonds. The molecule has 0 aliphatic rings. The molecule has 7 heteroatoms. The molecule has 0 spiro atoms. The standard InChI is InChI=1S/C57H34N6O/c1-3-17-35(18-4-1)55-58-56(36-31-32-41-40-23-11-16-30-50(40)64-51(41)33-36)60-57(59-55)63-47-29-15-10-25-43(47)53-49(62-44-26-12-7-21-38(44)39-22-8-13-27-45(39)62)34-48-52(54(53)63)42-24-9-14-28-46(42)61(48)37-19-5-2-6-20-37/h1-34H. The molecule has 0 atom stereocenters. The van der Waals surface area contributed by atoms with E-state index in [2.05, 4.69) is 184 Å². The Kier molecular flexibility index (Phi) is 7.27. The molecule has 0 aliphatic heterocycles. The van der Waals surface area contributed by atoms with Crippen LogP contribution in [0.1, 0.15) is 0 Å². The van der Waals surface area contributed by atoms with E-state index < -0.39 is 0 Å². The molecular formula is C57H34N6O. The van der Waals surface area contributed by atoms with E-state index in [0.717, 1.165) is 99.1 Å². The van der Waals surface area contributed by atoms with Gasteiger partial charge in [0.1, 0.15) is 11.2 Å². The number of fused-ring (bicyclic) bond motifs is 13. The van der Waals surface area contributed by atoms with Gasteiger partial charge < -0.3 is 13.6 Å². The van der Waals surface area contributed by atoms with Gasteiger partial charge in [-0.2, -0.15) is 9.97 Å². The highest BCUT2D eigenvalue weighted by Gasteiger charge is 2.27. The van der Waals surface area contributed by atoms with Crippen molar-refractivity contribution in [3.05, 3.63) is 206 Å². The first kappa shape index (κ1) is 34.9. The summed E-state index contributed by atoms with van der Waals surface area (Å²) in [5.41, 5.74) is 12.0. The summed E-state index contributed by atoms with van der Waals surface area (Å²) in [4.78, 5) is 16.1. The van der Waals surface area contributed by atoms with E-state index in [0.29, 0.717) is 17.6 Å². The van der Waals surface area contributed by atoms with Crippen LogP contribution in [-0.4, -0.2) is 28.7 Å². The van der Waals surface area contributed by atoms with E-state index in [1.165, 1.54) is 10.8 Å². The Morgan fingerprint density at radius 1 is 0.328 bits per heavy atom. The van der Waals surface area contributed by atoms with Gasteiger partial charge in [0.15, 0.2) is 11.6 Å². The van der Waals surface area contributed by atoms with Crippen LogP contribution in [0, 0.1) is 0 Å². The lowest BCUT2D eigenvalue weighted by Gasteiger charge is -2.15. The van der Waals surface area contributed by atoms with Crippen LogP contribution < -0.4 is 0 Å². The minimum Gasteiger partial charge on any atom is -0.456 e. The van der Waals surface area contributed by atoms with Gasteiger partial charge in [-0.3, -0.25) is 4.57 Å². The lowest BCUT2D eigenvalue weighted by atomic mass is 10.0. The van der Waals surface area contributed by atoms with Gasteiger partial charge in [-0.25, -0.2) is 4.98 Å². The summed E-state index contributed by atoms with van der Waals surface area (Å²) in [6, 6.07) is 72.6. The summed E-state index contributed by atoms with van der Waals surface area (Å²) in [6.45, 7) is 0. The average molecular weight is 819 g/mol. The van der Waals surface area contributed by atoms with Gasteiger partial charge in [0.05, 0.1) is 38.8 Å². The quantitative estimate of drug-likeness (QED) is 0.173. The fraction of sp³-hybridized carbons (Fsp3) is 0. The van der Waals surface area contributed by atoms with Crippen molar-refractivity contribution in [2.75, 3.05) is 0 Å². The maximum absolute atomic E-state index is 6.40. The van der Waals surface area contributed by atoms with Gasteiger partial charge in [-0.05, 0) is 60.7 Å². The van der Waals surface area contributed by atoms with Crippen molar-refractivity contribution in [2.24, 2.45) is 0 Å². The predicted molar refractivity (Wildman–Crippen MR) is 261 cm³/mol. The number of hydrogen-bond acceptors (Lipinski definition) is 4. The number of rotatable bonds is 5. The summed E-state index contributed by atoms with van der Waals surface area (Å²) < 4.78 is 13.5. The van der Waals surface area contributed by atoms with Crippen molar-refractivity contribution in [1.82, 2.24) is 28.7 Å². The predicted octanol–water partition coefficient (Wildman–Crippen LogP) is 14.4. The minimum absolute atomic E-state index is 0.525. The third-order valence-electron chi connectivity index (χ3n) is 12.9. The molecule has 9 aromatic carbocycles. The van der Waals surface area contributed by atoms with E-state index in [9.17, 15) is 0 Å². The van der Waals surface area contributed by atoms with Crippen LogP contribution >= 0.6 is 0 Å². The number of para-hydroxylation sites is 6. The van der Waals surface area contributed by atoms with Crippen LogP contribution in [0.25, 0.3) is 127 Å². The maximum Gasteiger partial charge on any atom is 0.238 e. The molecule has 64 heavy (non-hydrogen) atoms. The fourth-order valence-corrected chi connectivity index (χ4v) is 10.2. The van der Waals surface area contributed by atoms with E-state index in [4.69, 9.17) is 19.4 Å². The molecule has 0 aliphatic carbocycles. The number of furan rings is 1. The molecule has 0 unspecified atom stereocenters. The molecular weight excluding hydrogens is 785 g/mol. The van der Waals surface area contributed by atoms with Gasteiger partial charge in [0.25, 0.3) is 0 Å². The van der Waals surface area contributed by atoms with Gasteiger partial charge in [0.2, 0.25) is 5.95 Å². The third kappa shape index (κ3) is 4.94. The molecule has 0 radical (unpaired) electrons. The van der Waals surface area contributed by atoms with Crippen molar-refractivity contribution in [3.63, 3.8) is 0 Å². The summed E-state index contributed by atoms with van der Waals surface area (Å²) >= 11 is 0. The zero-order chi connectivity index (χ0) is 41.9. The Bertz CT molecular complexity index is 4140. The number of hydrogen-bond donors (Lipinski definition) is 0. The number of benzene rings is 9. The minimum atomic E-state index is 0.525. The zero-order valence-corrected chi connectivity index (χ0v) is 34.2. The summed E-state index contributed by atoms with van der Waals surface area (Å²) in [7, 11) is 0. The molecule has 0 saturated heterocycles. The topological polar surface area (TPSA) is 66.6 Å². The van der Waals surface area contributed by atoms with Gasteiger partial charge >= 0.3 is 0 Å².